The SMILES string of the molecule is CCCS(=O)(=O)N1CCN(C(=O)c2cc(C)c(Br)s2)CC1. The van der Waals surface area contributed by atoms with E-state index in [-0.39, 0.29) is 11.7 Å². The van der Waals surface area contributed by atoms with Crippen molar-refractivity contribution in [3.8, 4) is 0 Å². The molecule has 1 fully saturated rings. The molecule has 21 heavy (non-hydrogen) atoms. The summed E-state index contributed by atoms with van der Waals surface area (Å²) in [6.07, 6.45) is 0.615. The molecule has 0 unspecified atom stereocenters. The number of halogens is 1. The number of carbonyl (C=O) groups is 1. The average Bonchev–Trinajstić information content (AvgIpc) is 2.78. The predicted octanol–water partition coefficient (Wildman–Crippen LogP) is 2.32. The highest BCUT2D eigenvalue weighted by atomic mass is 79.9. The minimum absolute atomic E-state index is 0.0126. The lowest BCUT2D eigenvalue weighted by atomic mass is 10.3. The van der Waals surface area contributed by atoms with Crippen molar-refractivity contribution in [1.29, 1.82) is 0 Å². The van der Waals surface area contributed by atoms with Crippen molar-refractivity contribution >= 4 is 43.2 Å². The van der Waals surface area contributed by atoms with E-state index in [1.165, 1.54) is 15.6 Å². The maximum atomic E-state index is 12.4. The molecule has 1 aliphatic heterocycles. The molecule has 5 nitrogen and oxygen atoms in total. The molecular weight excluding hydrogens is 376 g/mol. The molecule has 0 aromatic carbocycles. The normalized spacial score (nSPS) is 17.2. The standard InChI is InChI=1S/C13H19BrN2O3S2/c1-3-8-21(18,19)16-6-4-15(5-7-16)13(17)11-9-10(2)12(14)20-11/h9H,3-8H2,1-2H3. The summed E-state index contributed by atoms with van der Waals surface area (Å²) in [6, 6.07) is 1.87. The lowest BCUT2D eigenvalue weighted by molar-refractivity contribution is 0.0702. The van der Waals surface area contributed by atoms with Crippen LogP contribution in [0.3, 0.4) is 0 Å². The molecule has 0 radical (unpaired) electrons. The molecule has 8 heteroatoms. The van der Waals surface area contributed by atoms with Gasteiger partial charge in [-0.3, -0.25) is 4.79 Å². The molecule has 1 aliphatic rings. The zero-order chi connectivity index (χ0) is 15.6. The number of carbonyl (C=O) groups excluding carboxylic acids is 1. The van der Waals surface area contributed by atoms with Crippen LogP contribution in [-0.2, 0) is 10.0 Å². The van der Waals surface area contributed by atoms with Gasteiger partial charge < -0.3 is 4.90 Å². The third-order valence-electron chi connectivity index (χ3n) is 3.45. The van der Waals surface area contributed by atoms with Gasteiger partial charge in [0.1, 0.15) is 0 Å². The van der Waals surface area contributed by atoms with Gasteiger partial charge in [-0.25, -0.2) is 8.42 Å². The lowest BCUT2D eigenvalue weighted by Crippen LogP contribution is -2.50. The first-order valence-electron chi connectivity index (χ1n) is 6.88. The van der Waals surface area contributed by atoms with Crippen LogP contribution < -0.4 is 0 Å². The summed E-state index contributed by atoms with van der Waals surface area (Å²) in [5, 5.41) is 0. The number of hydrogen-bond acceptors (Lipinski definition) is 4. The van der Waals surface area contributed by atoms with Crippen molar-refractivity contribution in [1.82, 2.24) is 9.21 Å². The summed E-state index contributed by atoms with van der Waals surface area (Å²) in [5.41, 5.74) is 1.05. The number of thiophene rings is 1. The van der Waals surface area contributed by atoms with Crippen LogP contribution in [0.5, 0.6) is 0 Å². The molecule has 0 saturated carbocycles. The van der Waals surface area contributed by atoms with Gasteiger partial charge in [-0.15, -0.1) is 11.3 Å². The van der Waals surface area contributed by atoms with E-state index in [0.717, 1.165) is 9.35 Å². The fourth-order valence-electron chi connectivity index (χ4n) is 2.28. The van der Waals surface area contributed by atoms with Crippen LogP contribution in [0.1, 0.15) is 28.6 Å². The Bertz CT molecular complexity index is 600. The first kappa shape index (κ1) is 16.9. The zero-order valence-electron chi connectivity index (χ0n) is 12.1. The van der Waals surface area contributed by atoms with Gasteiger partial charge in [0.05, 0.1) is 14.4 Å². The Kier molecular flexibility index (Phi) is 5.45. The molecule has 1 aromatic heterocycles. The van der Waals surface area contributed by atoms with Crippen LogP contribution in [-0.4, -0.2) is 55.5 Å². The third kappa shape index (κ3) is 3.85. The van der Waals surface area contributed by atoms with E-state index in [1.807, 2.05) is 19.9 Å². The molecule has 0 atom stereocenters. The molecule has 1 aromatic rings. The number of aryl methyl sites for hydroxylation is 1. The van der Waals surface area contributed by atoms with Crippen molar-refractivity contribution in [2.45, 2.75) is 20.3 Å². The minimum atomic E-state index is -3.16. The molecular formula is C13H19BrN2O3S2. The van der Waals surface area contributed by atoms with Crippen molar-refractivity contribution in [3.63, 3.8) is 0 Å². The highest BCUT2D eigenvalue weighted by molar-refractivity contribution is 9.11. The molecule has 1 saturated heterocycles. The topological polar surface area (TPSA) is 57.7 Å². The molecule has 0 N–H and O–H groups in total. The van der Waals surface area contributed by atoms with Gasteiger partial charge in [0.2, 0.25) is 10.0 Å². The number of rotatable bonds is 4. The maximum absolute atomic E-state index is 12.4. The van der Waals surface area contributed by atoms with Crippen LogP contribution >= 0.6 is 27.3 Å². The van der Waals surface area contributed by atoms with Gasteiger partial charge in [0.25, 0.3) is 5.91 Å². The van der Waals surface area contributed by atoms with E-state index in [9.17, 15) is 13.2 Å². The molecule has 0 bridgehead atoms. The summed E-state index contributed by atoms with van der Waals surface area (Å²) in [4.78, 5) is 14.8. The van der Waals surface area contributed by atoms with Gasteiger partial charge >= 0.3 is 0 Å². The summed E-state index contributed by atoms with van der Waals surface area (Å²) in [7, 11) is -3.16. The molecule has 2 rings (SSSR count). The Morgan fingerprint density at radius 1 is 1.33 bits per heavy atom. The number of hydrogen-bond donors (Lipinski definition) is 0. The Hall–Kier alpha value is -0.440. The molecule has 2 heterocycles. The van der Waals surface area contributed by atoms with Gasteiger partial charge in [-0.2, -0.15) is 4.31 Å². The fraction of sp³-hybridized carbons (Fsp3) is 0.615. The molecule has 0 aliphatic carbocycles. The highest BCUT2D eigenvalue weighted by Crippen LogP contribution is 2.28. The van der Waals surface area contributed by atoms with Crippen molar-refractivity contribution < 1.29 is 13.2 Å². The van der Waals surface area contributed by atoms with E-state index in [4.69, 9.17) is 0 Å². The van der Waals surface area contributed by atoms with E-state index in [1.54, 1.807) is 4.90 Å². The van der Waals surface area contributed by atoms with E-state index in [0.29, 0.717) is 37.5 Å². The Balaban J connectivity index is 1.99. The quantitative estimate of drug-likeness (QED) is 0.786. The van der Waals surface area contributed by atoms with Crippen LogP contribution in [0.4, 0.5) is 0 Å². The van der Waals surface area contributed by atoms with Gasteiger partial charge in [-0.05, 0) is 40.9 Å². The van der Waals surface area contributed by atoms with E-state index < -0.39 is 10.0 Å². The Morgan fingerprint density at radius 3 is 2.43 bits per heavy atom. The predicted molar refractivity (Wildman–Crippen MR) is 88.3 cm³/mol. The second-order valence-electron chi connectivity index (χ2n) is 5.07. The number of sulfonamides is 1. The molecule has 118 valence electrons. The van der Waals surface area contributed by atoms with Crippen molar-refractivity contribution in [2.24, 2.45) is 0 Å². The van der Waals surface area contributed by atoms with Crippen molar-refractivity contribution in [2.75, 3.05) is 31.9 Å². The van der Waals surface area contributed by atoms with E-state index in [2.05, 4.69) is 15.9 Å². The smallest absolute Gasteiger partial charge is 0.264 e. The zero-order valence-corrected chi connectivity index (χ0v) is 15.4. The summed E-state index contributed by atoms with van der Waals surface area (Å²) in [5.74, 6) is 0.166. The summed E-state index contributed by atoms with van der Waals surface area (Å²) in [6.45, 7) is 5.49. The average molecular weight is 395 g/mol. The minimum Gasteiger partial charge on any atom is -0.335 e. The van der Waals surface area contributed by atoms with Crippen molar-refractivity contribution in [3.05, 3.63) is 20.3 Å². The van der Waals surface area contributed by atoms with Crippen LogP contribution in [0.15, 0.2) is 9.85 Å². The van der Waals surface area contributed by atoms with Crippen LogP contribution in [0.2, 0.25) is 0 Å². The van der Waals surface area contributed by atoms with Gasteiger partial charge in [-0.1, -0.05) is 6.92 Å². The second-order valence-corrected chi connectivity index (χ2v) is 9.53. The number of piperazine rings is 1. The highest BCUT2D eigenvalue weighted by Gasteiger charge is 2.29. The largest absolute Gasteiger partial charge is 0.335 e. The Labute approximate surface area is 138 Å². The van der Waals surface area contributed by atoms with E-state index >= 15 is 0 Å². The first-order valence-corrected chi connectivity index (χ1v) is 10.1. The molecule has 0 spiro atoms. The van der Waals surface area contributed by atoms with Gasteiger partial charge in [0, 0.05) is 26.2 Å². The lowest BCUT2D eigenvalue weighted by Gasteiger charge is -2.33. The third-order valence-corrected chi connectivity index (χ3v) is 7.65. The Morgan fingerprint density at radius 2 is 1.95 bits per heavy atom. The second kappa shape index (κ2) is 6.76. The molecule has 1 amide bonds. The number of nitrogens with zero attached hydrogens (tertiary/aromatic N) is 2. The summed E-state index contributed by atoms with van der Waals surface area (Å²) >= 11 is 4.85. The maximum Gasteiger partial charge on any atom is 0.264 e. The van der Waals surface area contributed by atoms with Gasteiger partial charge in [0.15, 0.2) is 0 Å². The van der Waals surface area contributed by atoms with Crippen LogP contribution in [0.25, 0.3) is 0 Å². The fourth-order valence-corrected chi connectivity index (χ4v) is 5.27. The van der Waals surface area contributed by atoms with Crippen LogP contribution in [0, 0.1) is 6.92 Å². The monoisotopic (exact) mass is 394 g/mol. The summed E-state index contributed by atoms with van der Waals surface area (Å²) < 4.78 is 26.5. The number of amides is 1. The first-order chi connectivity index (χ1) is 9.85.